The van der Waals surface area contributed by atoms with Gasteiger partial charge in [-0.2, -0.15) is 0 Å². The SMILES string of the molecule is CC1CN(C(=O)Cc2ccccc2)CCN1C. The highest BCUT2D eigenvalue weighted by molar-refractivity contribution is 5.78. The van der Waals surface area contributed by atoms with Crippen LogP contribution in [0, 0.1) is 0 Å². The third-order valence-electron chi connectivity index (χ3n) is 3.51. The lowest BCUT2D eigenvalue weighted by Crippen LogP contribution is -2.52. The standard InChI is InChI=1S/C14H20N2O/c1-12-11-16(9-8-15(12)2)14(17)10-13-6-4-3-5-7-13/h3-7,12H,8-11H2,1-2H3. The highest BCUT2D eigenvalue weighted by atomic mass is 16.2. The minimum Gasteiger partial charge on any atom is -0.340 e. The van der Waals surface area contributed by atoms with Crippen LogP contribution < -0.4 is 0 Å². The maximum absolute atomic E-state index is 12.1. The number of hydrogen-bond acceptors (Lipinski definition) is 2. The quantitative estimate of drug-likeness (QED) is 0.769. The first-order chi connectivity index (χ1) is 8.16. The van der Waals surface area contributed by atoms with E-state index in [1.54, 1.807) is 0 Å². The average Bonchev–Trinajstić information content (AvgIpc) is 2.34. The van der Waals surface area contributed by atoms with Gasteiger partial charge >= 0.3 is 0 Å². The highest BCUT2D eigenvalue weighted by Crippen LogP contribution is 2.09. The van der Waals surface area contributed by atoms with Gasteiger partial charge in [-0.3, -0.25) is 4.79 Å². The Morgan fingerprint density at radius 3 is 2.65 bits per heavy atom. The predicted octanol–water partition coefficient (Wildman–Crippen LogP) is 1.39. The van der Waals surface area contributed by atoms with Crippen molar-refractivity contribution in [2.75, 3.05) is 26.7 Å². The first-order valence-corrected chi connectivity index (χ1v) is 6.19. The summed E-state index contributed by atoms with van der Waals surface area (Å²) in [4.78, 5) is 16.4. The molecular weight excluding hydrogens is 212 g/mol. The van der Waals surface area contributed by atoms with Gasteiger partial charge in [0, 0.05) is 25.7 Å². The van der Waals surface area contributed by atoms with Crippen molar-refractivity contribution in [3.8, 4) is 0 Å². The molecular formula is C14H20N2O. The van der Waals surface area contributed by atoms with Crippen LogP contribution in [-0.4, -0.2) is 48.4 Å². The maximum Gasteiger partial charge on any atom is 0.227 e. The zero-order valence-corrected chi connectivity index (χ0v) is 10.6. The summed E-state index contributed by atoms with van der Waals surface area (Å²) in [5.41, 5.74) is 1.10. The monoisotopic (exact) mass is 232 g/mol. The van der Waals surface area contributed by atoms with Crippen LogP contribution in [-0.2, 0) is 11.2 Å². The first kappa shape index (κ1) is 12.1. The van der Waals surface area contributed by atoms with E-state index in [1.807, 2.05) is 35.2 Å². The smallest absolute Gasteiger partial charge is 0.227 e. The summed E-state index contributed by atoms with van der Waals surface area (Å²) in [6.07, 6.45) is 0.525. The van der Waals surface area contributed by atoms with Gasteiger partial charge in [-0.25, -0.2) is 0 Å². The van der Waals surface area contributed by atoms with Crippen molar-refractivity contribution in [2.24, 2.45) is 0 Å². The predicted molar refractivity (Wildman–Crippen MR) is 68.8 cm³/mol. The molecule has 3 heteroatoms. The van der Waals surface area contributed by atoms with Crippen LogP contribution >= 0.6 is 0 Å². The molecule has 0 saturated carbocycles. The van der Waals surface area contributed by atoms with Crippen LogP contribution in [0.5, 0.6) is 0 Å². The number of likely N-dealkylation sites (N-methyl/N-ethyl adjacent to an activating group) is 1. The van der Waals surface area contributed by atoms with Crippen molar-refractivity contribution in [3.05, 3.63) is 35.9 Å². The third kappa shape index (κ3) is 3.07. The van der Waals surface area contributed by atoms with Crippen molar-refractivity contribution in [1.82, 2.24) is 9.80 Å². The number of nitrogens with zero attached hydrogens (tertiary/aromatic N) is 2. The molecule has 1 aliphatic rings. The fourth-order valence-corrected chi connectivity index (χ4v) is 2.16. The molecule has 1 saturated heterocycles. The average molecular weight is 232 g/mol. The van der Waals surface area contributed by atoms with E-state index >= 15 is 0 Å². The summed E-state index contributed by atoms with van der Waals surface area (Å²) < 4.78 is 0. The number of hydrogen-bond donors (Lipinski definition) is 0. The molecule has 0 spiro atoms. The van der Waals surface area contributed by atoms with E-state index in [2.05, 4.69) is 18.9 Å². The van der Waals surface area contributed by atoms with Gasteiger partial charge in [0.25, 0.3) is 0 Å². The number of piperazine rings is 1. The Labute approximate surface area is 103 Å². The van der Waals surface area contributed by atoms with E-state index in [1.165, 1.54) is 0 Å². The number of amides is 1. The molecule has 17 heavy (non-hydrogen) atoms. The molecule has 3 nitrogen and oxygen atoms in total. The molecule has 0 radical (unpaired) electrons. The van der Waals surface area contributed by atoms with Gasteiger partial charge in [0.05, 0.1) is 6.42 Å². The largest absolute Gasteiger partial charge is 0.340 e. The molecule has 92 valence electrons. The summed E-state index contributed by atoms with van der Waals surface area (Å²) in [6, 6.07) is 10.4. The maximum atomic E-state index is 12.1. The fourth-order valence-electron chi connectivity index (χ4n) is 2.16. The molecule has 0 bridgehead atoms. The molecule has 1 amide bonds. The zero-order valence-electron chi connectivity index (χ0n) is 10.6. The van der Waals surface area contributed by atoms with Gasteiger partial charge in [-0.05, 0) is 19.5 Å². The van der Waals surface area contributed by atoms with Crippen molar-refractivity contribution in [2.45, 2.75) is 19.4 Å². The van der Waals surface area contributed by atoms with Gasteiger partial charge in [-0.1, -0.05) is 30.3 Å². The van der Waals surface area contributed by atoms with Gasteiger partial charge in [0.1, 0.15) is 0 Å². The lowest BCUT2D eigenvalue weighted by atomic mass is 10.1. The molecule has 0 N–H and O–H groups in total. The Hall–Kier alpha value is -1.35. The van der Waals surface area contributed by atoms with Crippen LogP contribution in [0.2, 0.25) is 0 Å². The van der Waals surface area contributed by atoms with Crippen LogP contribution in [0.4, 0.5) is 0 Å². The number of carbonyl (C=O) groups excluding carboxylic acids is 1. The molecule has 2 rings (SSSR count). The number of benzene rings is 1. The summed E-state index contributed by atoms with van der Waals surface area (Å²) in [5.74, 6) is 0.246. The molecule has 1 aromatic rings. The Morgan fingerprint density at radius 2 is 2.00 bits per heavy atom. The van der Waals surface area contributed by atoms with E-state index in [9.17, 15) is 4.79 Å². The van der Waals surface area contributed by atoms with Crippen molar-refractivity contribution < 1.29 is 4.79 Å². The van der Waals surface area contributed by atoms with E-state index in [0.717, 1.165) is 25.2 Å². The van der Waals surface area contributed by atoms with Gasteiger partial charge in [0.2, 0.25) is 5.91 Å². The van der Waals surface area contributed by atoms with Gasteiger partial charge in [-0.15, -0.1) is 0 Å². The van der Waals surface area contributed by atoms with Gasteiger partial charge < -0.3 is 9.80 Å². The first-order valence-electron chi connectivity index (χ1n) is 6.19. The second kappa shape index (κ2) is 5.32. The van der Waals surface area contributed by atoms with E-state index in [0.29, 0.717) is 12.5 Å². The lowest BCUT2D eigenvalue weighted by molar-refractivity contribution is -0.133. The Kier molecular flexibility index (Phi) is 3.79. The number of carbonyl (C=O) groups is 1. The Bertz CT molecular complexity index is 377. The number of rotatable bonds is 2. The fraction of sp³-hybridized carbons (Fsp3) is 0.500. The molecule has 1 fully saturated rings. The third-order valence-corrected chi connectivity index (χ3v) is 3.51. The van der Waals surface area contributed by atoms with Crippen molar-refractivity contribution >= 4 is 5.91 Å². The molecule has 0 aromatic heterocycles. The van der Waals surface area contributed by atoms with Crippen LogP contribution in [0.1, 0.15) is 12.5 Å². The van der Waals surface area contributed by atoms with Crippen molar-refractivity contribution in [1.29, 1.82) is 0 Å². The normalized spacial score (nSPS) is 21.5. The van der Waals surface area contributed by atoms with Crippen LogP contribution in [0.3, 0.4) is 0 Å². The molecule has 1 aliphatic heterocycles. The second-order valence-corrected chi connectivity index (χ2v) is 4.83. The zero-order chi connectivity index (χ0) is 12.3. The summed E-state index contributed by atoms with van der Waals surface area (Å²) in [6.45, 7) is 4.85. The molecule has 1 atom stereocenters. The minimum atomic E-state index is 0.246. The van der Waals surface area contributed by atoms with E-state index < -0.39 is 0 Å². The summed E-state index contributed by atoms with van der Waals surface area (Å²) >= 11 is 0. The highest BCUT2D eigenvalue weighted by Gasteiger charge is 2.23. The molecule has 1 heterocycles. The Morgan fingerprint density at radius 1 is 1.29 bits per heavy atom. The minimum absolute atomic E-state index is 0.246. The topological polar surface area (TPSA) is 23.6 Å². The molecule has 0 aliphatic carbocycles. The second-order valence-electron chi connectivity index (χ2n) is 4.83. The van der Waals surface area contributed by atoms with E-state index in [4.69, 9.17) is 0 Å². The lowest BCUT2D eigenvalue weighted by Gasteiger charge is -2.37. The summed E-state index contributed by atoms with van der Waals surface area (Å²) in [7, 11) is 2.11. The van der Waals surface area contributed by atoms with Crippen LogP contribution in [0.15, 0.2) is 30.3 Å². The summed E-state index contributed by atoms with van der Waals surface area (Å²) in [5, 5.41) is 0. The molecule has 1 unspecified atom stereocenters. The van der Waals surface area contributed by atoms with Crippen LogP contribution in [0.25, 0.3) is 0 Å². The molecule has 1 aromatic carbocycles. The van der Waals surface area contributed by atoms with E-state index in [-0.39, 0.29) is 5.91 Å². The Balaban J connectivity index is 1.93. The van der Waals surface area contributed by atoms with Crippen molar-refractivity contribution in [3.63, 3.8) is 0 Å². The van der Waals surface area contributed by atoms with Gasteiger partial charge in [0.15, 0.2) is 0 Å².